The van der Waals surface area contributed by atoms with Crippen LogP contribution in [0.15, 0.2) is 36.5 Å². The van der Waals surface area contributed by atoms with E-state index in [-0.39, 0.29) is 0 Å². The Hall–Kier alpha value is -1.81. The Bertz CT molecular complexity index is 475. The predicted octanol–water partition coefficient (Wildman–Crippen LogP) is 1.58. The highest BCUT2D eigenvalue weighted by Crippen LogP contribution is 2.18. The number of hydrogen-bond donors (Lipinski definition) is 1. The van der Waals surface area contributed by atoms with E-state index in [0.717, 1.165) is 23.9 Å². The molecule has 0 saturated heterocycles. The maximum Gasteiger partial charge on any atom is 0.210 e. The van der Waals surface area contributed by atoms with Gasteiger partial charge in [0.15, 0.2) is 0 Å². The van der Waals surface area contributed by atoms with Gasteiger partial charge >= 0.3 is 0 Å². The number of anilines is 1. The molecule has 0 radical (unpaired) electrons. The van der Waals surface area contributed by atoms with Gasteiger partial charge in [-0.3, -0.25) is 4.57 Å². The highest BCUT2D eigenvalue weighted by atomic mass is 15.3. The molecule has 1 heterocycles. The summed E-state index contributed by atoms with van der Waals surface area (Å²) < 4.78 is 2.09. The standard InChI is InChI=1S/C13H18N4/c1-11-10-17(12-6-4-3-5-7-12)13(15-11)16(2)9-8-14/h3-7,10H,8-9,14H2,1-2H3. The molecule has 0 bridgehead atoms. The van der Waals surface area contributed by atoms with Crippen molar-refractivity contribution in [2.24, 2.45) is 5.73 Å². The zero-order valence-electron chi connectivity index (χ0n) is 10.3. The normalized spacial score (nSPS) is 10.5. The van der Waals surface area contributed by atoms with Gasteiger partial charge in [-0.2, -0.15) is 0 Å². The Kier molecular flexibility index (Phi) is 3.44. The highest BCUT2D eigenvalue weighted by Gasteiger charge is 2.10. The molecule has 0 amide bonds. The first-order valence-corrected chi connectivity index (χ1v) is 5.75. The minimum Gasteiger partial charge on any atom is -0.344 e. The van der Waals surface area contributed by atoms with Crippen molar-refractivity contribution < 1.29 is 0 Å². The lowest BCUT2D eigenvalue weighted by molar-refractivity contribution is 0.831. The average molecular weight is 230 g/mol. The third-order valence-corrected chi connectivity index (χ3v) is 2.65. The van der Waals surface area contributed by atoms with Crippen LogP contribution in [0.1, 0.15) is 5.69 Å². The third kappa shape index (κ3) is 2.47. The summed E-state index contributed by atoms with van der Waals surface area (Å²) in [7, 11) is 2.01. The maximum absolute atomic E-state index is 5.58. The Labute approximate surface area is 102 Å². The zero-order chi connectivity index (χ0) is 12.3. The summed E-state index contributed by atoms with van der Waals surface area (Å²) in [6.45, 7) is 3.42. The van der Waals surface area contributed by atoms with E-state index in [1.54, 1.807) is 0 Å². The van der Waals surface area contributed by atoms with Gasteiger partial charge in [0, 0.05) is 32.0 Å². The second-order valence-electron chi connectivity index (χ2n) is 4.10. The summed E-state index contributed by atoms with van der Waals surface area (Å²) in [5, 5.41) is 0. The lowest BCUT2D eigenvalue weighted by atomic mass is 10.3. The van der Waals surface area contributed by atoms with E-state index in [0.29, 0.717) is 6.54 Å². The van der Waals surface area contributed by atoms with E-state index < -0.39 is 0 Å². The molecule has 2 rings (SSSR count). The van der Waals surface area contributed by atoms with Gasteiger partial charge in [-0.1, -0.05) is 18.2 Å². The van der Waals surface area contributed by atoms with Crippen molar-refractivity contribution in [1.29, 1.82) is 0 Å². The number of imidazole rings is 1. The van der Waals surface area contributed by atoms with Crippen LogP contribution in [0.25, 0.3) is 5.69 Å². The van der Waals surface area contributed by atoms with Crippen LogP contribution in [0.4, 0.5) is 5.95 Å². The molecule has 2 aromatic rings. The van der Waals surface area contributed by atoms with Gasteiger partial charge in [-0.05, 0) is 19.1 Å². The van der Waals surface area contributed by atoms with Gasteiger partial charge in [-0.25, -0.2) is 4.98 Å². The first kappa shape index (κ1) is 11.7. The molecule has 1 aromatic carbocycles. The molecule has 0 fully saturated rings. The first-order valence-electron chi connectivity index (χ1n) is 5.75. The van der Waals surface area contributed by atoms with Crippen molar-refractivity contribution in [3.8, 4) is 5.69 Å². The summed E-state index contributed by atoms with van der Waals surface area (Å²) in [6.07, 6.45) is 2.04. The largest absolute Gasteiger partial charge is 0.344 e. The van der Waals surface area contributed by atoms with Crippen molar-refractivity contribution in [2.45, 2.75) is 6.92 Å². The Morgan fingerprint density at radius 1 is 1.29 bits per heavy atom. The van der Waals surface area contributed by atoms with Crippen molar-refractivity contribution in [1.82, 2.24) is 9.55 Å². The summed E-state index contributed by atoms with van der Waals surface area (Å²) in [5.74, 6) is 0.930. The monoisotopic (exact) mass is 230 g/mol. The van der Waals surface area contributed by atoms with Crippen LogP contribution in [0.3, 0.4) is 0 Å². The van der Waals surface area contributed by atoms with Crippen molar-refractivity contribution in [2.75, 3.05) is 25.0 Å². The smallest absolute Gasteiger partial charge is 0.210 e. The molecular weight excluding hydrogens is 212 g/mol. The van der Waals surface area contributed by atoms with Gasteiger partial charge in [-0.15, -0.1) is 0 Å². The van der Waals surface area contributed by atoms with E-state index in [1.807, 2.05) is 38.4 Å². The summed E-state index contributed by atoms with van der Waals surface area (Å²) in [5.41, 5.74) is 7.71. The van der Waals surface area contributed by atoms with Gasteiger partial charge in [0.1, 0.15) is 0 Å². The molecule has 17 heavy (non-hydrogen) atoms. The number of nitrogens with two attached hydrogens (primary N) is 1. The maximum atomic E-state index is 5.58. The van der Waals surface area contributed by atoms with Crippen molar-refractivity contribution >= 4 is 5.95 Å². The number of rotatable bonds is 4. The molecule has 90 valence electrons. The molecule has 0 spiro atoms. The van der Waals surface area contributed by atoms with Gasteiger partial charge in [0.2, 0.25) is 5.95 Å². The third-order valence-electron chi connectivity index (χ3n) is 2.65. The number of aromatic nitrogens is 2. The Morgan fingerprint density at radius 2 is 2.00 bits per heavy atom. The van der Waals surface area contributed by atoms with Crippen LogP contribution in [0, 0.1) is 6.92 Å². The van der Waals surface area contributed by atoms with Crippen LogP contribution >= 0.6 is 0 Å². The van der Waals surface area contributed by atoms with Crippen molar-refractivity contribution in [3.05, 3.63) is 42.2 Å². The number of para-hydroxylation sites is 1. The fraction of sp³-hybridized carbons (Fsp3) is 0.308. The SMILES string of the molecule is Cc1cn(-c2ccccc2)c(N(C)CCN)n1. The lowest BCUT2D eigenvalue weighted by Gasteiger charge is -2.18. The minimum absolute atomic E-state index is 0.622. The predicted molar refractivity (Wildman–Crippen MR) is 70.6 cm³/mol. The average Bonchev–Trinajstić information content (AvgIpc) is 2.73. The molecule has 0 unspecified atom stereocenters. The van der Waals surface area contributed by atoms with Crippen LogP contribution < -0.4 is 10.6 Å². The topological polar surface area (TPSA) is 47.1 Å². The molecule has 0 saturated carbocycles. The number of nitrogens with zero attached hydrogens (tertiary/aromatic N) is 3. The van der Waals surface area contributed by atoms with E-state index in [2.05, 4.69) is 26.6 Å². The highest BCUT2D eigenvalue weighted by molar-refractivity contribution is 5.44. The van der Waals surface area contributed by atoms with E-state index >= 15 is 0 Å². The Balaban J connectivity index is 2.40. The molecule has 0 aliphatic rings. The molecule has 0 atom stereocenters. The van der Waals surface area contributed by atoms with Crippen molar-refractivity contribution in [3.63, 3.8) is 0 Å². The van der Waals surface area contributed by atoms with Gasteiger partial charge in [0.05, 0.1) is 5.69 Å². The first-order chi connectivity index (χ1) is 8.22. The number of likely N-dealkylation sites (N-methyl/N-ethyl adjacent to an activating group) is 1. The van der Waals surface area contributed by atoms with Crippen LogP contribution in [0.2, 0.25) is 0 Å². The molecule has 4 nitrogen and oxygen atoms in total. The van der Waals surface area contributed by atoms with Crippen LogP contribution in [0.5, 0.6) is 0 Å². The van der Waals surface area contributed by atoms with Gasteiger partial charge < -0.3 is 10.6 Å². The van der Waals surface area contributed by atoms with Crippen LogP contribution in [-0.2, 0) is 0 Å². The van der Waals surface area contributed by atoms with Gasteiger partial charge in [0.25, 0.3) is 0 Å². The fourth-order valence-electron chi connectivity index (χ4n) is 1.83. The quantitative estimate of drug-likeness (QED) is 0.867. The molecular formula is C13H18N4. The van der Waals surface area contributed by atoms with E-state index in [1.165, 1.54) is 0 Å². The van der Waals surface area contributed by atoms with E-state index in [9.17, 15) is 0 Å². The summed E-state index contributed by atoms with van der Waals surface area (Å²) in [6, 6.07) is 10.2. The summed E-state index contributed by atoms with van der Waals surface area (Å²) >= 11 is 0. The number of aryl methyl sites for hydroxylation is 1. The minimum atomic E-state index is 0.622. The molecule has 1 aromatic heterocycles. The van der Waals surface area contributed by atoms with Crippen LogP contribution in [-0.4, -0.2) is 29.7 Å². The molecule has 0 aliphatic heterocycles. The number of hydrogen-bond acceptors (Lipinski definition) is 3. The zero-order valence-corrected chi connectivity index (χ0v) is 10.3. The number of benzene rings is 1. The second-order valence-corrected chi connectivity index (χ2v) is 4.10. The lowest BCUT2D eigenvalue weighted by Crippen LogP contribution is -2.27. The van der Waals surface area contributed by atoms with E-state index in [4.69, 9.17) is 5.73 Å². The summed E-state index contributed by atoms with van der Waals surface area (Å²) in [4.78, 5) is 6.61. The molecule has 2 N–H and O–H groups in total. The molecule has 0 aliphatic carbocycles. The second kappa shape index (κ2) is 5.01. The molecule has 4 heteroatoms. The fourth-order valence-corrected chi connectivity index (χ4v) is 1.83. The Morgan fingerprint density at radius 3 is 2.65 bits per heavy atom.